The Morgan fingerprint density at radius 2 is 1.80 bits per heavy atom. The average molecular weight is 210 g/mol. The molecule has 1 aliphatic carbocycles. The zero-order valence-corrected chi connectivity index (χ0v) is 11.3. The number of rotatable bonds is 7. The number of hydrogen-bond donors (Lipinski definition) is 0. The van der Waals surface area contributed by atoms with Gasteiger partial charge in [-0.15, -0.1) is 0 Å². The molecule has 1 rings (SSSR count). The highest BCUT2D eigenvalue weighted by Gasteiger charge is 2.33. The Hall–Kier alpha value is 0. The van der Waals surface area contributed by atoms with Crippen molar-refractivity contribution in [1.82, 2.24) is 0 Å². The summed E-state index contributed by atoms with van der Waals surface area (Å²) in [5, 5.41) is 0. The van der Waals surface area contributed by atoms with Crippen LogP contribution in [0.1, 0.15) is 72.6 Å². The molecule has 0 nitrogen and oxygen atoms in total. The van der Waals surface area contributed by atoms with E-state index >= 15 is 0 Å². The summed E-state index contributed by atoms with van der Waals surface area (Å²) in [6, 6.07) is 0. The average Bonchev–Trinajstić information content (AvgIpc) is 2.21. The molecule has 0 amide bonds. The Balaban J connectivity index is 2.12. The first-order valence-electron chi connectivity index (χ1n) is 7.16. The van der Waals surface area contributed by atoms with Gasteiger partial charge in [0.25, 0.3) is 0 Å². The van der Waals surface area contributed by atoms with Gasteiger partial charge >= 0.3 is 0 Å². The van der Waals surface area contributed by atoms with Crippen LogP contribution in [0, 0.1) is 23.7 Å². The second-order valence-corrected chi connectivity index (χ2v) is 5.90. The van der Waals surface area contributed by atoms with Crippen LogP contribution in [0.4, 0.5) is 0 Å². The number of unbranched alkanes of at least 4 members (excludes halogenated alkanes) is 3. The van der Waals surface area contributed by atoms with Crippen molar-refractivity contribution in [2.75, 3.05) is 0 Å². The maximum atomic E-state index is 2.49. The van der Waals surface area contributed by atoms with E-state index in [1.807, 2.05) is 0 Å². The van der Waals surface area contributed by atoms with Gasteiger partial charge in [-0.25, -0.2) is 0 Å². The Morgan fingerprint density at radius 1 is 1.07 bits per heavy atom. The first-order chi connectivity index (χ1) is 7.16. The zero-order chi connectivity index (χ0) is 11.3. The summed E-state index contributed by atoms with van der Waals surface area (Å²) in [5.41, 5.74) is 0. The van der Waals surface area contributed by atoms with Crippen molar-refractivity contribution in [2.24, 2.45) is 23.7 Å². The van der Waals surface area contributed by atoms with E-state index in [1.165, 1.54) is 44.9 Å². The lowest BCUT2D eigenvalue weighted by Gasteiger charge is -2.41. The van der Waals surface area contributed by atoms with E-state index in [0.29, 0.717) is 0 Å². The fourth-order valence-electron chi connectivity index (χ4n) is 3.05. The molecule has 1 fully saturated rings. The van der Waals surface area contributed by atoms with Crippen molar-refractivity contribution in [2.45, 2.75) is 72.6 Å². The Labute approximate surface area is 96.8 Å². The van der Waals surface area contributed by atoms with Gasteiger partial charge in [0.1, 0.15) is 0 Å². The van der Waals surface area contributed by atoms with E-state index < -0.39 is 0 Å². The van der Waals surface area contributed by atoms with Crippen LogP contribution in [0.3, 0.4) is 0 Å². The summed E-state index contributed by atoms with van der Waals surface area (Å²) in [7, 11) is 0. The van der Waals surface area contributed by atoms with Gasteiger partial charge in [0.15, 0.2) is 0 Å². The van der Waals surface area contributed by atoms with Gasteiger partial charge in [0.2, 0.25) is 0 Å². The fraction of sp³-hybridized carbons (Fsp3) is 1.00. The maximum Gasteiger partial charge on any atom is -0.0360 e. The highest BCUT2D eigenvalue weighted by Crippen LogP contribution is 2.42. The monoisotopic (exact) mass is 210 g/mol. The smallest absolute Gasteiger partial charge is 0.0360 e. The fourth-order valence-corrected chi connectivity index (χ4v) is 3.05. The van der Waals surface area contributed by atoms with E-state index in [0.717, 1.165) is 23.7 Å². The highest BCUT2D eigenvalue weighted by atomic mass is 14.4. The first kappa shape index (κ1) is 13.1. The van der Waals surface area contributed by atoms with Gasteiger partial charge in [0, 0.05) is 0 Å². The van der Waals surface area contributed by atoms with Gasteiger partial charge < -0.3 is 0 Å². The molecule has 0 saturated heterocycles. The lowest BCUT2D eigenvalue weighted by molar-refractivity contribution is 0.0908. The van der Waals surface area contributed by atoms with Crippen molar-refractivity contribution in [3.05, 3.63) is 0 Å². The summed E-state index contributed by atoms with van der Waals surface area (Å²) >= 11 is 0. The van der Waals surface area contributed by atoms with E-state index in [-0.39, 0.29) is 0 Å². The first-order valence-corrected chi connectivity index (χ1v) is 7.16. The molecule has 0 aliphatic heterocycles. The van der Waals surface area contributed by atoms with Gasteiger partial charge in [-0.1, -0.05) is 66.2 Å². The molecule has 15 heavy (non-hydrogen) atoms. The van der Waals surface area contributed by atoms with E-state index in [4.69, 9.17) is 0 Å². The Bertz CT molecular complexity index is 161. The largest absolute Gasteiger partial charge is 0.0654 e. The minimum Gasteiger partial charge on any atom is -0.0654 e. The minimum absolute atomic E-state index is 0.953. The molecule has 0 N–H and O–H groups in total. The van der Waals surface area contributed by atoms with Crippen molar-refractivity contribution < 1.29 is 0 Å². The topological polar surface area (TPSA) is 0 Å². The zero-order valence-electron chi connectivity index (χ0n) is 11.3. The van der Waals surface area contributed by atoms with Crippen molar-refractivity contribution >= 4 is 0 Å². The standard InChI is InChI=1S/C15H30/c1-5-6-7-8-9-12(2)14(4)15-11-10-13(15)3/h12-15H,5-11H2,1-4H3. The molecule has 1 saturated carbocycles. The molecular weight excluding hydrogens is 180 g/mol. The van der Waals surface area contributed by atoms with Crippen LogP contribution in [0.2, 0.25) is 0 Å². The second-order valence-electron chi connectivity index (χ2n) is 5.90. The van der Waals surface area contributed by atoms with E-state index in [9.17, 15) is 0 Å². The molecule has 0 heterocycles. The third kappa shape index (κ3) is 3.81. The van der Waals surface area contributed by atoms with Crippen LogP contribution in [0.25, 0.3) is 0 Å². The van der Waals surface area contributed by atoms with E-state index in [1.54, 1.807) is 0 Å². The molecule has 0 heteroatoms. The molecule has 0 spiro atoms. The molecule has 90 valence electrons. The SMILES string of the molecule is CCCCCCC(C)C(C)C1CCC1C. The van der Waals surface area contributed by atoms with Crippen molar-refractivity contribution in [1.29, 1.82) is 0 Å². The molecule has 0 aromatic heterocycles. The molecule has 4 atom stereocenters. The summed E-state index contributed by atoms with van der Waals surface area (Å²) < 4.78 is 0. The summed E-state index contributed by atoms with van der Waals surface area (Å²) in [5.74, 6) is 3.98. The molecule has 1 aliphatic rings. The normalized spacial score (nSPS) is 29.6. The molecule has 0 bridgehead atoms. The molecule has 4 unspecified atom stereocenters. The van der Waals surface area contributed by atoms with E-state index in [2.05, 4.69) is 27.7 Å². The Morgan fingerprint density at radius 3 is 2.27 bits per heavy atom. The predicted molar refractivity (Wildman–Crippen MR) is 69.0 cm³/mol. The summed E-state index contributed by atoms with van der Waals surface area (Å²) in [6.07, 6.45) is 10.2. The number of hydrogen-bond acceptors (Lipinski definition) is 0. The van der Waals surface area contributed by atoms with Crippen LogP contribution in [0.15, 0.2) is 0 Å². The third-order valence-corrected chi connectivity index (χ3v) is 4.77. The van der Waals surface area contributed by atoms with Crippen molar-refractivity contribution in [3.63, 3.8) is 0 Å². The summed E-state index contributed by atoms with van der Waals surface area (Å²) in [6.45, 7) is 9.70. The van der Waals surface area contributed by atoms with Gasteiger partial charge in [0.05, 0.1) is 0 Å². The lowest BCUT2D eigenvalue weighted by Crippen LogP contribution is -2.32. The quantitative estimate of drug-likeness (QED) is 0.502. The second kappa shape index (κ2) is 6.55. The highest BCUT2D eigenvalue weighted by molar-refractivity contribution is 4.83. The third-order valence-electron chi connectivity index (χ3n) is 4.77. The summed E-state index contributed by atoms with van der Waals surface area (Å²) in [4.78, 5) is 0. The van der Waals surface area contributed by atoms with Gasteiger partial charge in [-0.2, -0.15) is 0 Å². The van der Waals surface area contributed by atoms with Crippen LogP contribution in [-0.4, -0.2) is 0 Å². The molecule has 0 radical (unpaired) electrons. The Kier molecular flexibility index (Phi) is 5.71. The molecule has 0 aromatic carbocycles. The van der Waals surface area contributed by atoms with Gasteiger partial charge in [-0.3, -0.25) is 0 Å². The maximum absolute atomic E-state index is 2.49. The lowest BCUT2D eigenvalue weighted by atomic mass is 9.65. The van der Waals surface area contributed by atoms with Gasteiger partial charge in [-0.05, 0) is 30.1 Å². The van der Waals surface area contributed by atoms with Crippen molar-refractivity contribution in [3.8, 4) is 0 Å². The molecule has 0 aromatic rings. The van der Waals surface area contributed by atoms with Crippen LogP contribution in [-0.2, 0) is 0 Å². The minimum atomic E-state index is 0.953. The van der Waals surface area contributed by atoms with Crippen LogP contribution in [0.5, 0.6) is 0 Å². The van der Waals surface area contributed by atoms with Crippen LogP contribution < -0.4 is 0 Å². The molecular formula is C15H30. The van der Waals surface area contributed by atoms with Crippen LogP contribution >= 0.6 is 0 Å². The predicted octanol–water partition coefficient (Wildman–Crippen LogP) is 5.28.